The third-order valence-electron chi connectivity index (χ3n) is 7.72. The second-order valence-corrected chi connectivity index (χ2v) is 13.6. The van der Waals surface area contributed by atoms with Crippen molar-refractivity contribution >= 4 is 15.7 Å². The van der Waals surface area contributed by atoms with Gasteiger partial charge in [-0.15, -0.1) is 0 Å². The van der Waals surface area contributed by atoms with Crippen LogP contribution in [0.5, 0.6) is 5.75 Å². The first-order chi connectivity index (χ1) is 17.0. The Hall–Kier alpha value is -2.42. The standard InChI is InChI=1S/C28H36N2O5S/c1-18(2)34-26-28(29-26)17-27(35-24-11-6-20(5)16-23(24)28)12-14-30(15-13-27)25(31)21-7-9-22(10-8-21)36(32,33)19(3)4/h6-11,16,18-19,26,29H,12-15,17H2,1-5H3/t26-,28?/m1/s1. The Morgan fingerprint density at radius 2 is 1.75 bits per heavy atom. The number of nitrogens with zero attached hydrogens (tertiary/aromatic N) is 1. The van der Waals surface area contributed by atoms with Gasteiger partial charge in [-0.3, -0.25) is 10.1 Å². The van der Waals surface area contributed by atoms with E-state index in [0.717, 1.165) is 30.6 Å². The summed E-state index contributed by atoms with van der Waals surface area (Å²) in [5.74, 6) is 0.821. The first-order valence-corrected chi connectivity index (χ1v) is 14.4. The summed E-state index contributed by atoms with van der Waals surface area (Å²) in [4.78, 5) is 15.3. The highest BCUT2D eigenvalue weighted by atomic mass is 32.2. The fraction of sp³-hybridized carbons (Fsp3) is 0.536. The molecule has 2 spiro atoms. The van der Waals surface area contributed by atoms with E-state index in [2.05, 4.69) is 44.3 Å². The number of hydrogen-bond acceptors (Lipinski definition) is 6. The summed E-state index contributed by atoms with van der Waals surface area (Å²) in [6, 6.07) is 12.6. The van der Waals surface area contributed by atoms with Gasteiger partial charge in [-0.25, -0.2) is 8.42 Å². The minimum atomic E-state index is -3.37. The molecule has 2 atom stereocenters. The number of hydrogen-bond donors (Lipinski definition) is 1. The molecule has 5 rings (SSSR count). The number of benzene rings is 2. The second-order valence-electron chi connectivity index (χ2n) is 11.1. The SMILES string of the molecule is Cc1ccc2c(c1)C1(CC3(CCN(C(=O)c4ccc(S(=O)(=O)C(C)C)cc4)CC3)O2)N[C@@H]1OC(C)C. The van der Waals surface area contributed by atoms with E-state index < -0.39 is 15.1 Å². The summed E-state index contributed by atoms with van der Waals surface area (Å²) < 4.78 is 37.6. The summed E-state index contributed by atoms with van der Waals surface area (Å²) in [7, 11) is -3.37. The predicted molar refractivity (Wildman–Crippen MR) is 138 cm³/mol. The van der Waals surface area contributed by atoms with E-state index in [4.69, 9.17) is 9.47 Å². The average Bonchev–Trinajstić information content (AvgIpc) is 3.50. The van der Waals surface area contributed by atoms with E-state index in [-0.39, 0.29) is 34.3 Å². The minimum Gasteiger partial charge on any atom is -0.487 e. The lowest BCUT2D eigenvalue weighted by Gasteiger charge is -2.47. The third-order valence-corrected chi connectivity index (χ3v) is 9.89. The van der Waals surface area contributed by atoms with Crippen LogP contribution in [0.1, 0.15) is 68.4 Å². The lowest BCUT2D eigenvalue weighted by Crippen LogP contribution is -2.53. The number of likely N-dealkylation sites (tertiary alicyclic amines) is 1. The molecule has 8 heteroatoms. The van der Waals surface area contributed by atoms with Crippen molar-refractivity contribution in [3.8, 4) is 5.75 Å². The van der Waals surface area contributed by atoms with Crippen LogP contribution in [0, 0.1) is 6.92 Å². The number of piperidine rings is 1. The van der Waals surface area contributed by atoms with Gasteiger partial charge in [-0.2, -0.15) is 0 Å². The van der Waals surface area contributed by atoms with Crippen molar-refractivity contribution in [1.82, 2.24) is 10.2 Å². The van der Waals surface area contributed by atoms with Gasteiger partial charge < -0.3 is 14.4 Å². The van der Waals surface area contributed by atoms with E-state index >= 15 is 0 Å². The normalized spacial score (nSPS) is 24.8. The van der Waals surface area contributed by atoms with Crippen LogP contribution in [0.2, 0.25) is 0 Å². The van der Waals surface area contributed by atoms with Gasteiger partial charge in [-0.05, 0) is 65.0 Å². The van der Waals surface area contributed by atoms with Gasteiger partial charge in [0, 0.05) is 43.5 Å². The van der Waals surface area contributed by atoms with Crippen molar-refractivity contribution in [2.24, 2.45) is 0 Å². The second kappa shape index (κ2) is 8.85. The lowest BCUT2D eigenvalue weighted by molar-refractivity contribution is -0.0340. The van der Waals surface area contributed by atoms with Crippen molar-refractivity contribution in [3.63, 3.8) is 0 Å². The molecule has 1 unspecified atom stereocenters. The summed E-state index contributed by atoms with van der Waals surface area (Å²) in [5.41, 5.74) is 2.24. The number of carbonyl (C=O) groups excluding carboxylic acids is 1. The molecule has 1 amide bonds. The fourth-order valence-corrected chi connectivity index (χ4v) is 6.63. The van der Waals surface area contributed by atoms with Crippen LogP contribution in [0.4, 0.5) is 0 Å². The number of nitrogens with one attached hydrogen (secondary N) is 1. The first-order valence-electron chi connectivity index (χ1n) is 12.8. The Morgan fingerprint density at radius 1 is 1.08 bits per heavy atom. The Morgan fingerprint density at radius 3 is 2.36 bits per heavy atom. The van der Waals surface area contributed by atoms with E-state index in [1.54, 1.807) is 26.0 Å². The zero-order chi connectivity index (χ0) is 25.9. The van der Waals surface area contributed by atoms with E-state index in [1.165, 1.54) is 17.7 Å². The van der Waals surface area contributed by atoms with Gasteiger partial charge in [0.05, 0.1) is 21.8 Å². The topological polar surface area (TPSA) is 94.9 Å². The molecule has 0 bridgehead atoms. The van der Waals surface area contributed by atoms with Gasteiger partial charge in [0.2, 0.25) is 0 Å². The maximum atomic E-state index is 13.2. The summed E-state index contributed by atoms with van der Waals surface area (Å²) >= 11 is 0. The molecule has 3 aliphatic rings. The van der Waals surface area contributed by atoms with Crippen molar-refractivity contribution < 1.29 is 22.7 Å². The molecule has 0 saturated carbocycles. The smallest absolute Gasteiger partial charge is 0.253 e. The number of amides is 1. The summed E-state index contributed by atoms with van der Waals surface area (Å²) in [5, 5.41) is 3.12. The van der Waals surface area contributed by atoms with Crippen LogP contribution in [-0.2, 0) is 20.1 Å². The Bertz CT molecular complexity index is 1260. The molecular formula is C28H36N2O5S. The van der Waals surface area contributed by atoms with Gasteiger partial charge in [-0.1, -0.05) is 17.7 Å². The van der Waals surface area contributed by atoms with Crippen LogP contribution >= 0.6 is 0 Å². The highest BCUT2D eigenvalue weighted by Gasteiger charge is 2.64. The highest BCUT2D eigenvalue weighted by Crippen LogP contribution is 2.55. The molecule has 0 radical (unpaired) electrons. The van der Waals surface area contributed by atoms with E-state index in [0.29, 0.717) is 18.7 Å². The van der Waals surface area contributed by atoms with Gasteiger partial charge >= 0.3 is 0 Å². The molecule has 194 valence electrons. The Labute approximate surface area is 214 Å². The van der Waals surface area contributed by atoms with Gasteiger partial charge in [0.15, 0.2) is 9.84 Å². The minimum absolute atomic E-state index is 0.0425. The van der Waals surface area contributed by atoms with E-state index in [1.807, 2.05) is 4.90 Å². The molecule has 3 aliphatic heterocycles. The lowest BCUT2D eigenvalue weighted by atomic mass is 9.76. The van der Waals surface area contributed by atoms with Crippen molar-refractivity contribution in [3.05, 3.63) is 59.2 Å². The molecule has 2 fully saturated rings. The maximum absolute atomic E-state index is 13.2. The molecule has 2 saturated heterocycles. The Balaban J connectivity index is 1.31. The molecule has 2 aromatic rings. The van der Waals surface area contributed by atoms with Crippen LogP contribution in [-0.4, -0.2) is 55.5 Å². The highest BCUT2D eigenvalue weighted by molar-refractivity contribution is 7.92. The largest absolute Gasteiger partial charge is 0.487 e. The monoisotopic (exact) mass is 512 g/mol. The number of carbonyl (C=O) groups is 1. The number of fused-ring (bicyclic) bond motifs is 2. The third kappa shape index (κ3) is 4.33. The van der Waals surface area contributed by atoms with Gasteiger partial charge in [0.25, 0.3) is 5.91 Å². The molecule has 1 N–H and O–H groups in total. The van der Waals surface area contributed by atoms with Crippen molar-refractivity contribution in [1.29, 1.82) is 0 Å². The molecule has 3 heterocycles. The van der Waals surface area contributed by atoms with Crippen molar-refractivity contribution in [2.45, 2.75) is 87.5 Å². The van der Waals surface area contributed by atoms with Crippen LogP contribution in [0.25, 0.3) is 0 Å². The number of aryl methyl sites for hydroxylation is 1. The predicted octanol–water partition coefficient (Wildman–Crippen LogP) is 4.18. The molecule has 7 nitrogen and oxygen atoms in total. The quantitative estimate of drug-likeness (QED) is 0.604. The van der Waals surface area contributed by atoms with E-state index in [9.17, 15) is 13.2 Å². The molecule has 0 aliphatic carbocycles. The van der Waals surface area contributed by atoms with Crippen LogP contribution < -0.4 is 10.1 Å². The molecule has 0 aromatic heterocycles. The van der Waals surface area contributed by atoms with Crippen molar-refractivity contribution in [2.75, 3.05) is 13.1 Å². The fourth-order valence-electron chi connectivity index (χ4n) is 5.57. The maximum Gasteiger partial charge on any atom is 0.253 e. The van der Waals surface area contributed by atoms with Crippen LogP contribution in [0.3, 0.4) is 0 Å². The molecular weight excluding hydrogens is 476 g/mol. The van der Waals surface area contributed by atoms with Crippen LogP contribution in [0.15, 0.2) is 47.4 Å². The number of rotatable bonds is 5. The molecule has 36 heavy (non-hydrogen) atoms. The summed E-state index contributed by atoms with van der Waals surface area (Å²) in [6.07, 6.45) is 2.33. The Kier molecular flexibility index (Phi) is 6.21. The number of sulfone groups is 1. The van der Waals surface area contributed by atoms with Gasteiger partial charge in [0.1, 0.15) is 17.6 Å². The summed E-state index contributed by atoms with van der Waals surface area (Å²) in [6.45, 7) is 10.7. The first kappa shape index (κ1) is 25.2. The molecule has 2 aromatic carbocycles. The zero-order valence-electron chi connectivity index (χ0n) is 21.7. The average molecular weight is 513 g/mol. The zero-order valence-corrected chi connectivity index (χ0v) is 22.5. The number of ether oxygens (including phenoxy) is 2.